The molecule has 0 unspecified atom stereocenters. The van der Waals surface area contributed by atoms with Crippen molar-refractivity contribution in [3.8, 4) is 0 Å². The van der Waals surface area contributed by atoms with E-state index < -0.39 is 18.5 Å². The van der Waals surface area contributed by atoms with E-state index in [0.717, 1.165) is 16.7 Å². The molecule has 2 amide bonds. The van der Waals surface area contributed by atoms with Gasteiger partial charge in [0.05, 0.1) is 12.1 Å². The average molecular weight is 354 g/mol. The summed E-state index contributed by atoms with van der Waals surface area (Å²) in [5.74, 6) is -1.46. The minimum Gasteiger partial charge on any atom is -0.452 e. The lowest BCUT2D eigenvalue weighted by Gasteiger charge is -2.11. The summed E-state index contributed by atoms with van der Waals surface area (Å²) in [6.45, 7) is 5.01. The van der Waals surface area contributed by atoms with Gasteiger partial charge in [-0.1, -0.05) is 30.3 Å². The summed E-state index contributed by atoms with van der Waals surface area (Å²) in [6.07, 6.45) is 0. The van der Waals surface area contributed by atoms with Crippen LogP contribution in [-0.2, 0) is 14.3 Å². The number of carbonyl (C=O) groups excluding carboxylic acids is 3. The minimum atomic E-state index is -0.571. The fourth-order valence-electron chi connectivity index (χ4n) is 2.32. The Hall–Kier alpha value is -3.15. The van der Waals surface area contributed by atoms with E-state index in [9.17, 15) is 14.4 Å². The molecular weight excluding hydrogens is 332 g/mol. The summed E-state index contributed by atoms with van der Waals surface area (Å²) < 4.78 is 4.97. The lowest BCUT2D eigenvalue weighted by molar-refractivity contribution is -0.126. The minimum absolute atomic E-state index is 0.200. The first-order chi connectivity index (χ1) is 12.4. The predicted molar refractivity (Wildman–Crippen MR) is 99.0 cm³/mol. The molecule has 0 bridgehead atoms. The van der Waals surface area contributed by atoms with E-state index in [1.807, 2.05) is 32.0 Å². The molecule has 0 saturated heterocycles. The van der Waals surface area contributed by atoms with Crippen LogP contribution in [0.5, 0.6) is 0 Å². The standard InChI is InChI=1S/C20H22N2O4/c1-13-8-6-10-17(15(13)3)22-18(23)11-21-19(24)12-26-20(25)16-9-5-4-7-14(16)2/h4-10H,11-12H2,1-3H3,(H,21,24)(H,22,23). The quantitative estimate of drug-likeness (QED) is 0.781. The smallest absolute Gasteiger partial charge is 0.338 e. The Labute approximate surface area is 152 Å². The molecular formula is C20H22N2O4. The van der Waals surface area contributed by atoms with Crippen LogP contribution in [0.25, 0.3) is 0 Å². The molecule has 0 aliphatic carbocycles. The van der Waals surface area contributed by atoms with E-state index in [1.54, 1.807) is 31.2 Å². The second-order valence-corrected chi connectivity index (χ2v) is 5.96. The first kappa shape index (κ1) is 19.2. The van der Waals surface area contributed by atoms with E-state index in [1.165, 1.54) is 0 Å². The number of amides is 2. The Morgan fingerprint density at radius 2 is 1.58 bits per heavy atom. The fraction of sp³-hybridized carbons (Fsp3) is 0.250. The van der Waals surface area contributed by atoms with Crippen molar-refractivity contribution in [3.05, 3.63) is 64.7 Å². The van der Waals surface area contributed by atoms with Crippen LogP contribution >= 0.6 is 0 Å². The summed E-state index contributed by atoms with van der Waals surface area (Å²) in [6, 6.07) is 12.6. The maximum absolute atomic E-state index is 12.0. The van der Waals surface area contributed by atoms with Crippen molar-refractivity contribution in [3.63, 3.8) is 0 Å². The predicted octanol–water partition coefficient (Wildman–Crippen LogP) is 2.52. The van der Waals surface area contributed by atoms with Gasteiger partial charge in [0.25, 0.3) is 5.91 Å². The number of carbonyl (C=O) groups is 3. The van der Waals surface area contributed by atoms with E-state index in [0.29, 0.717) is 11.3 Å². The highest BCUT2D eigenvalue weighted by atomic mass is 16.5. The van der Waals surface area contributed by atoms with Gasteiger partial charge < -0.3 is 15.4 Å². The second-order valence-electron chi connectivity index (χ2n) is 5.96. The molecule has 0 aromatic heterocycles. The Bertz CT molecular complexity index is 830. The van der Waals surface area contributed by atoms with Crippen LogP contribution in [0, 0.1) is 20.8 Å². The molecule has 2 aromatic carbocycles. The molecule has 0 aliphatic rings. The van der Waals surface area contributed by atoms with Gasteiger partial charge in [0, 0.05) is 5.69 Å². The molecule has 2 aromatic rings. The van der Waals surface area contributed by atoms with Gasteiger partial charge >= 0.3 is 5.97 Å². The number of rotatable bonds is 6. The van der Waals surface area contributed by atoms with Crippen molar-refractivity contribution in [1.29, 1.82) is 0 Å². The Morgan fingerprint density at radius 1 is 0.885 bits per heavy atom. The highest BCUT2D eigenvalue weighted by Crippen LogP contribution is 2.17. The molecule has 0 radical (unpaired) electrons. The maximum Gasteiger partial charge on any atom is 0.338 e. The van der Waals surface area contributed by atoms with Gasteiger partial charge in [-0.3, -0.25) is 9.59 Å². The highest BCUT2D eigenvalue weighted by Gasteiger charge is 2.13. The topological polar surface area (TPSA) is 84.5 Å². The monoisotopic (exact) mass is 354 g/mol. The molecule has 2 rings (SSSR count). The van der Waals surface area contributed by atoms with Crippen LogP contribution in [0.3, 0.4) is 0 Å². The van der Waals surface area contributed by atoms with Crippen LogP contribution in [0.2, 0.25) is 0 Å². The SMILES string of the molecule is Cc1ccccc1C(=O)OCC(=O)NCC(=O)Nc1cccc(C)c1C. The van der Waals surface area contributed by atoms with E-state index >= 15 is 0 Å². The lowest BCUT2D eigenvalue weighted by atomic mass is 10.1. The van der Waals surface area contributed by atoms with Crippen LogP contribution in [0.1, 0.15) is 27.0 Å². The largest absolute Gasteiger partial charge is 0.452 e. The third-order valence-corrected chi connectivity index (χ3v) is 4.02. The molecule has 6 heteroatoms. The maximum atomic E-state index is 12.0. The summed E-state index contributed by atoms with van der Waals surface area (Å²) in [5.41, 5.74) is 3.92. The zero-order valence-electron chi connectivity index (χ0n) is 15.1. The Morgan fingerprint density at radius 3 is 2.31 bits per heavy atom. The number of hydrogen-bond acceptors (Lipinski definition) is 4. The Balaban J connectivity index is 1.78. The first-order valence-electron chi connectivity index (χ1n) is 8.24. The van der Waals surface area contributed by atoms with Gasteiger partial charge in [0.2, 0.25) is 5.91 Å². The van der Waals surface area contributed by atoms with Crippen molar-refractivity contribution < 1.29 is 19.1 Å². The molecule has 0 spiro atoms. The van der Waals surface area contributed by atoms with Crippen LogP contribution in [0.15, 0.2) is 42.5 Å². The summed E-state index contributed by atoms with van der Waals surface area (Å²) >= 11 is 0. The van der Waals surface area contributed by atoms with Gasteiger partial charge in [0.15, 0.2) is 6.61 Å². The molecule has 0 aliphatic heterocycles. The summed E-state index contributed by atoms with van der Waals surface area (Å²) in [5, 5.41) is 5.17. The zero-order chi connectivity index (χ0) is 19.1. The van der Waals surface area contributed by atoms with E-state index in [2.05, 4.69) is 10.6 Å². The average Bonchev–Trinajstić information content (AvgIpc) is 2.62. The van der Waals surface area contributed by atoms with Gasteiger partial charge in [-0.2, -0.15) is 0 Å². The lowest BCUT2D eigenvalue weighted by Crippen LogP contribution is -2.35. The van der Waals surface area contributed by atoms with Gasteiger partial charge in [-0.05, 0) is 49.6 Å². The normalized spacial score (nSPS) is 10.1. The number of aryl methyl sites for hydroxylation is 2. The molecule has 26 heavy (non-hydrogen) atoms. The Kier molecular flexibility index (Phi) is 6.49. The highest BCUT2D eigenvalue weighted by molar-refractivity contribution is 5.96. The fourth-order valence-corrected chi connectivity index (χ4v) is 2.32. The van der Waals surface area contributed by atoms with Crippen LogP contribution < -0.4 is 10.6 Å². The molecule has 0 heterocycles. The molecule has 136 valence electrons. The van der Waals surface area contributed by atoms with Crippen molar-refractivity contribution >= 4 is 23.5 Å². The first-order valence-corrected chi connectivity index (χ1v) is 8.24. The molecule has 0 fully saturated rings. The van der Waals surface area contributed by atoms with Crippen molar-refractivity contribution in [2.75, 3.05) is 18.5 Å². The summed E-state index contributed by atoms with van der Waals surface area (Å²) in [4.78, 5) is 35.7. The van der Waals surface area contributed by atoms with Crippen molar-refractivity contribution in [2.24, 2.45) is 0 Å². The number of anilines is 1. The second kappa shape index (κ2) is 8.80. The molecule has 2 N–H and O–H groups in total. The van der Waals surface area contributed by atoms with Crippen LogP contribution in [0.4, 0.5) is 5.69 Å². The molecule has 6 nitrogen and oxygen atoms in total. The molecule has 0 saturated carbocycles. The third-order valence-electron chi connectivity index (χ3n) is 4.02. The van der Waals surface area contributed by atoms with Crippen LogP contribution in [-0.4, -0.2) is 30.9 Å². The van der Waals surface area contributed by atoms with Gasteiger partial charge in [-0.15, -0.1) is 0 Å². The van der Waals surface area contributed by atoms with E-state index in [-0.39, 0.29) is 12.5 Å². The third kappa shape index (κ3) is 5.17. The number of hydrogen-bond donors (Lipinski definition) is 2. The number of ether oxygens (including phenoxy) is 1. The number of benzene rings is 2. The van der Waals surface area contributed by atoms with Crippen molar-refractivity contribution in [2.45, 2.75) is 20.8 Å². The van der Waals surface area contributed by atoms with Gasteiger partial charge in [-0.25, -0.2) is 4.79 Å². The molecule has 0 atom stereocenters. The summed E-state index contributed by atoms with van der Waals surface area (Å²) in [7, 11) is 0. The van der Waals surface area contributed by atoms with Gasteiger partial charge in [0.1, 0.15) is 0 Å². The number of nitrogens with one attached hydrogen (secondary N) is 2. The number of esters is 1. The van der Waals surface area contributed by atoms with Crippen molar-refractivity contribution in [1.82, 2.24) is 5.32 Å². The van der Waals surface area contributed by atoms with E-state index in [4.69, 9.17) is 4.74 Å². The zero-order valence-corrected chi connectivity index (χ0v) is 15.1.